The van der Waals surface area contributed by atoms with Crippen molar-refractivity contribution in [2.24, 2.45) is 5.92 Å². The van der Waals surface area contributed by atoms with Gasteiger partial charge in [-0.3, -0.25) is 4.79 Å². The second kappa shape index (κ2) is 9.45. The van der Waals surface area contributed by atoms with Crippen molar-refractivity contribution in [3.8, 4) is 0 Å². The maximum absolute atomic E-state index is 12.1. The molecule has 3 nitrogen and oxygen atoms in total. The summed E-state index contributed by atoms with van der Waals surface area (Å²) in [5, 5.41) is 3.35. The second-order valence-electron chi connectivity index (χ2n) is 7.04. The number of nitrogens with one attached hydrogen (secondary N) is 1. The molecule has 0 radical (unpaired) electrons. The summed E-state index contributed by atoms with van der Waals surface area (Å²) >= 11 is 0. The van der Waals surface area contributed by atoms with Gasteiger partial charge in [-0.05, 0) is 51.1 Å². The molecule has 2 fully saturated rings. The molecule has 1 saturated heterocycles. The Morgan fingerprint density at radius 3 is 2.57 bits per heavy atom. The van der Waals surface area contributed by atoms with Crippen molar-refractivity contribution in [1.29, 1.82) is 0 Å². The zero-order valence-corrected chi connectivity index (χ0v) is 13.9. The summed E-state index contributed by atoms with van der Waals surface area (Å²) in [5.41, 5.74) is 0. The van der Waals surface area contributed by atoms with Gasteiger partial charge >= 0.3 is 0 Å². The van der Waals surface area contributed by atoms with Crippen LogP contribution in [0.1, 0.15) is 77.6 Å². The van der Waals surface area contributed by atoms with Crippen molar-refractivity contribution < 1.29 is 4.79 Å². The zero-order chi connectivity index (χ0) is 14.9. The van der Waals surface area contributed by atoms with E-state index in [4.69, 9.17) is 0 Å². The summed E-state index contributed by atoms with van der Waals surface area (Å²) < 4.78 is 0. The summed E-state index contributed by atoms with van der Waals surface area (Å²) in [6.07, 6.45) is 13.4. The molecule has 1 heterocycles. The van der Waals surface area contributed by atoms with E-state index in [9.17, 15) is 4.79 Å². The number of nitrogens with zero attached hydrogens (tertiary/aromatic N) is 1. The Morgan fingerprint density at radius 2 is 1.81 bits per heavy atom. The van der Waals surface area contributed by atoms with Gasteiger partial charge in [0.2, 0.25) is 5.91 Å². The monoisotopic (exact) mass is 294 g/mol. The molecule has 0 unspecified atom stereocenters. The molecule has 0 aromatic heterocycles. The standard InChI is InChI=1S/C18H34N2O/c1-2-3-5-12-18(21)19-17-11-7-6-10-16(17)15-20-13-8-4-9-14-20/h16-17H,2-15H2,1H3,(H,19,21)/t16-,17+/m0/s1. The van der Waals surface area contributed by atoms with Crippen LogP contribution in [0.3, 0.4) is 0 Å². The lowest BCUT2D eigenvalue weighted by Crippen LogP contribution is -2.47. The molecule has 0 aromatic carbocycles. The number of piperidine rings is 1. The molecule has 1 N–H and O–H groups in total. The lowest BCUT2D eigenvalue weighted by molar-refractivity contribution is -0.122. The van der Waals surface area contributed by atoms with Crippen LogP contribution >= 0.6 is 0 Å². The molecule has 0 aromatic rings. The van der Waals surface area contributed by atoms with Crippen molar-refractivity contribution in [2.75, 3.05) is 19.6 Å². The molecule has 0 bridgehead atoms. The fourth-order valence-corrected chi connectivity index (χ4v) is 3.90. The van der Waals surface area contributed by atoms with Crippen LogP contribution in [0.25, 0.3) is 0 Å². The number of carbonyl (C=O) groups is 1. The highest BCUT2D eigenvalue weighted by Crippen LogP contribution is 2.26. The van der Waals surface area contributed by atoms with E-state index in [1.54, 1.807) is 0 Å². The summed E-state index contributed by atoms with van der Waals surface area (Å²) in [5.74, 6) is 0.978. The van der Waals surface area contributed by atoms with E-state index in [-0.39, 0.29) is 0 Å². The quantitative estimate of drug-likeness (QED) is 0.726. The predicted molar refractivity (Wildman–Crippen MR) is 88.3 cm³/mol. The Kier molecular flexibility index (Phi) is 7.56. The molecule has 2 aliphatic rings. The molecular weight excluding hydrogens is 260 g/mol. The summed E-state index contributed by atoms with van der Waals surface area (Å²) in [4.78, 5) is 14.7. The molecule has 1 amide bonds. The Bertz CT molecular complexity index is 300. The largest absolute Gasteiger partial charge is 0.353 e. The third-order valence-corrected chi connectivity index (χ3v) is 5.20. The molecule has 2 rings (SSSR count). The average molecular weight is 294 g/mol. The summed E-state index contributed by atoms with van der Waals surface area (Å²) in [6.45, 7) is 5.94. The molecule has 3 heteroatoms. The van der Waals surface area contributed by atoms with E-state index in [2.05, 4.69) is 17.1 Å². The highest BCUT2D eigenvalue weighted by molar-refractivity contribution is 5.76. The fraction of sp³-hybridized carbons (Fsp3) is 0.944. The van der Waals surface area contributed by atoms with Gasteiger partial charge in [0.05, 0.1) is 0 Å². The van der Waals surface area contributed by atoms with Crippen LogP contribution in [0.5, 0.6) is 0 Å². The van der Waals surface area contributed by atoms with Crippen LogP contribution in [0.2, 0.25) is 0 Å². The first-order chi connectivity index (χ1) is 10.3. The SMILES string of the molecule is CCCCCC(=O)N[C@@H]1CCCC[C@H]1CN1CCCCC1. The fourth-order valence-electron chi connectivity index (χ4n) is 3.90. The first kappa shape index (κ1) is 16.8. The number of hydrogen-bond donors (Lipinski definition) is 1. The third-order valence-electron chi connectivity index (χ3n) is 5.20. The number of hydrogen-bond acceptors (Lipinski definition) is 2. The minimum absolute atomic E-state index is 0.291. The zero-order valence-electron chi connectivity index (χ0n) is 13.9. The van der Waals surface area contributed by atoms with Crippen LogP contribution in [-0.2, 0) is 4.79 Å². The van der Waals surface area contributed by atoms with Gasteiger partial charge in [0.1, 0.15) is 0 Å². The van der Waals surface area contributed by atoms with Gasteiger partial charge in [0.15, 0.2) is 0 Å². The van der Waals surface area contributed by atoms with Gasteiger partial charge in [-0.25, -0.2) is 0 Å². The molecule has 1 aliphatic carbocycles. The second-order valence-corrected chi connectivity index (χ2v) is 7.04. The van der Waals surface area contributed by atoms with E-state index in [1.807, 2.05) is 0 Å². The molecule has 2 atom stereocenters. The number of likely N-dealkylation sites (tertiary alicyclic amines) is 1. The Balaban J connectivity index is 1.76. The van der Waals surface area contributed by atoms with Gasteiger partial charge < -0.3 is 10.2 Å². The van der Waals surface area contributed by atoms with Crippen molar-refractivity contribution in [3.63, 3.8) is 0 Å². The predicted octanol–water partition coefficient (Wildman–Crippen LogP) is 3.73. The van der Waals surface area contributed by atoms with E-state index < -0.39 is 0 Å². The molecule has 1 aliphatic heterocycles. The third kappa shape index (κ3) is 5.98. The van der Waals surface area contributed by atoms with Gasteiger partial charge in [-0.2, -0.15) is 0 Å². The minimum atomic E-state index is 0.291. The maximum atomic E-state index is 12.1. The number of rotatable bonds is 7. The normalized spacial score (nSPS) is 27.5. The molecular formula is C18H34N2O. The van der Waals surface area contributed by atoms with Gasteiger partial charge in [-0.1, -0.05) is 39.0 Å². The highest BCUT2D eigenvalue weighted by atomic mass is 16.1. The Morgan fingerprint density at radius 1 is 1.05 bits per heavy atom. The van der Waals surface area contributed by atoms with Crippen LogP contribution in [-0.4, -0.2) is 36.5 Å². The maximum Gasteiger partial charge on any atom is 0.220 e. The number of unbranched alkanes of at least 4 members (excludes halogenated alkanes) is 2. The smallest absolute Gasteiger partial charge is 0.220 e. The Labute approximate surface area is 130 Å². The van der Waals surface area contributed by atoms with Crippen LogP contribution in [0.15, 0.2) is 0 Å². The van der Waals surface area contributed by atoms with E-state index in [1.165, 1.54) is 77.4 Å². The lowest BCUT2D eigenvalue weighted by Gasteiger charge is -2.37. The Hall–Kier alpha value is -0.570. The van der Waals surface area contributed by atoms with Crippen molar-refractivity contribution in [2.45, 2.75) is 83.6 Å². The first-order valence-electron chi connectivity index (χ1n) is 9.31. The van der Waals surface area contributed by atoms with E-state index >= 15 is 0 Å². The van der Waals surface area contributed by atoms with Crippen molar-refractivity contribution in [3.05, 3.63) is 0 Å². The van der Waals surface area contributed by atoms with E-state index in [0.717, 1.165) is 12.8 Å². The molecule has 0 spiro atoms. The topological polar surface area (TPSA) is 32.3 Å². The average Bonchev–Trinajstić information content (AvgIpc) is 2.51. The summed E-state index contributed by atoms with van der Waals surface area (Å²) in [7, 11) is 0. The van der Waals surface area contributed by atoms with Gasteiger partial charge in [0.25, 0.3) is 0 Å². The lowest BCUT2D eigenvalue weighted by atomic mass is 9.83. The van der Waals surface area contributed by atoms with Gasteiger partial charge in [0, 0.05) is 19.0 Å². The van der Waals surface area contributed by atoms with Crippen LogP contribution < -0.4 is 5.32 Å². The van der Waals surface area contributed by atoms with Crippen molar-refractivity contribution in [1.82, 2.24) is 10.2 Å². The number of carbonyl (C=O) groups excluding carboxylic acids is 1. The van der Waals surface area contributed by atoms with Crippen LogP contribution in [0.4, 0.5) is 0 Å². The van der Waals surface area contributed by atoms with Crippen LogP contribution in [0, 0.1) is 5.92 Å². The number of amides is 1. The van der Waals surface area contributed by atoms with Crippen molar-refractivity contribution >= 4 is 5.91 Å². The summed E-state index contributed by atoms with van der Waals surface area (Å²) in [6, 6.07) is 0.440. The highest BCUT2D eigenvalue weighted by Gasteiger charge is 2.28. The minimum Gasteiger partial charge on any atom is -0.353 e. The van der Waals surface area contributed by atoms with E-state index in [0.29, 0.717) is 17.9 Å². The molecule has 122 valence electrons. The van der Waals surface area contributed by atoms with Gasteiger partial charge in [-0.15, -0.1) is 0 Å². The molecule has 1 saturated carbocycles. The molecule has 21 heavy (non-hydrogen) atoms. The first-order valence-corrected chi connectivity index (χ1v) is 9.31.